The molecule has 3 aromatic carbocycles. The molecular formula is C24H23Cl2N2O-. The average molecular weight is 426 g/mol. The largest absolute Gasteiger partial charge is 1.00 e. The summed E-state index contributed by atoms with van der Waals surface area (Å²) in [6.45, 7) is 3.09. The van der Waals surface area contributed by atoms with Gasteiger partial charge in [0, 0.05) is 36.8 Å². The van der Waals surface area contributed by atoms with Crippen LogP contribution in [-0.2, 0) is 0 Å². The topological polar surface area (TPSA) is 23.6 Å². The van der Waals surface area contributed by atoms with Gasteiger partial charge in [-0.3, -0.25) is 9.69 Å². The highest BCUT2D eigenvalue weighted by atomic mass is 35.5. The molecule has 0 unspecified atom stereocenters. The van der Waals surface area contributed by atoms with Crippen molar-refractivity contribution in [1.29, 1.82) is 0 Å². The summed E-state index contributed by atoms with van der Waals surface area (Å²) in [6.07, 6.45) is 0. The van der Waals surface area contributed by atoms with Crippen LogP contribution in [0.15, 0.2) is 84.9 Å². The highest BCUT2D eigenvalue weighted by Gasteiger charge is 2.28. The van der Waals surface area contributed by atoms with Crippen LogP contribution >= 0.6 is 11.6 Å². The van der Waals surface area contributed by atoms with Crippen LogP contribution < -0.4 is 12.4 Å². The third-order valence-corrected chi connectivity index (χ3v) is 5.50. The molecule has 5 heteroatoms. The molecule has 1 heterocycles. The maximum Gasteiger partial charge on any atom is 0.253 e. The molecule has 0 radical (unpaired) electrons. The molecule has 150 valence electrons. The van der Waals surface area contributed by atoms with Gasteiger partial charge in [0.15, 0.2) is 0 Å². The lowest BCUT2D eigenvalue weighted by Crippen LogP contribution is -3.00. The van der Waals surface area contributed by atoms with Gasteiger partial charge in [-0.05, 0) is 29.3 Å². The van der Waals surface area contributed by atoms with Crippen LogP contribution in [-0.4, -0.2) is 41.9 Å². The maximum atomic E-state index is 12.8. The van der Waals surface area contributed by atoms with Crippen molar-refractivity contribution in [1.82, 2.24) is 9.80 Å². The maximum absolute atomic E-state index is 12.8. The van der Waals surface area contributed by atoms with E-state index < -0.39 is 0 Å². The smallest absolute Gasteiger partial charge is 0.253 e. The number of carbonyl (C=O) groups is 1. The molecule has 0 bridgehead atoms. The summed E-state index contributed by atoms with van der Waals surface area (Å²) < 4.78 is 0. The van der Waals surface area contributed by atoms with Gasteiger partial charge in [0.2, 0.25) is 0 Å². The normalized spacial score (nSPS) is 14.5. The molecule has 0 aliphatic carbocycles. The Labute approximate surface area is 183 Å². The molecule has 3 nitrogen and oxygen atoms in total. The highest BCUT2D eigenvalue weighted by Crippen LogP contribution is 2.29. The number of piperazine rings is 1. The first-order chi connectivity index (χ1) is 13.7. The first-order valence-electron chi connectivity index (χ1n) is 9.61. The minimum Gasteiger partial charge on any atom is -1.00 e. The Hall–Kier alpha value is -2.33. The summed E-state index contributed by atoms with van der Waals surface area (Å²) in [6, 6.07) is 28.6. The molecule has 1 aliphatic rings. The molecule has 0 aromatic heterocycles. The molecule has 0 atom stereocenters. The zero-order valence-electron chi connectivity index (χ0n) is 16.0. The van der Waals surface area contributed by atoms with Crippen LogP contribution in [0.3, 0.4) is 0 Å². The number of rotatable bonds is 4. The first kappa shape index (κ1) is 21.4. The van der Waals surface area contributed by atoms with Crippen LogP contribution in [0.4, 0.5) is 0 Å². The van der Waals surface area contributed by atoms with Crippen molar-refractivity contribution in [3.05, 3.63) is 107 Å². The van der Waals surface area contributed by atoms with E-state index in [-0.39, 0.29) is 24.4 Å². The van der Waals surface area contributed by atoms with Gasteiger partial charge >= 0.3 is 0 Å². The van der Waals surface area contributed by atoms with Crippen molar-refractivity contribution >= 4 is 17.5 Å². The highest BCUT2D eigenvalue weighted by molar-refractivity contribution is 6.30. The summed E-state index contributed by atoms with van der Waals surface area (Å²) in [5.74, 6) is 0.0538. The van der Waals surface area contributed by atoms with Crippen molar-refractivity contribution in [2.75, 3.05) is 26.2 Å². The summed E-state index contributed by atoms with van der Waals surface area (Å²) in [5.41, 5.74) is 3.22. The first-order valence-corrected chi connectivity index (χ1v) is 9.99. The molecular weight excluding hydrogens is 403 g/mol. The minimum atomic E-state index is 0. The molecule has 3 aromatic rings. The number of nitrogens with zero attached hydrogens (tertiary/aromatic N) is 2. The van der Waals surface area contributed by atoms with Crippen molar-refractivity contribution < 1.29 is 17.2 Å². The van der Waals surface area contributed by atoms with Crippen LogP contribution in [0.2, 0.25) is 5.02 Å². The van der Waals surface area contributed by atoms with Gasteiger partial charge in [-0.15, -0.1) is 0 Å². The van der Waals surface area contributed by atoms with Crippen molar-refractivity contribution in [3.8, 4) is 0 Å². The Bertz CT molecular complexity index is 886. The molecule has 1 aliphatic heterocycles. The van der Waals surface area contributed by atoms with E-state index >= 15 is 0 Å². The third kappa shape index (κ3) is 4.99. The van der Waals surface area contributed by atoms with Crippen molar-refractivity contribution in [3.63, 3.8) is 0 Å². The van der Waals surface area contributed by atoms with E-state index in [0.717, 1.165) is 13.1 Å². The lowest BCUT2D eigenvalue weighted by Gasteiger charge is -2.39. The van der Waals surface area contributed by atoms with Gasteiger partial charge in [0.05, 0.1) is 6.04 Å². The Morgan fingerprint density at radius 3 is 1.83 bits per heavy atom. The average Bonchev–Trinajstić information content (AvgIpc) is 2.75. The summed E-state index contributed by atoms with van der Waals surface area (Å²) in [7, 11) is 0. The van der Waals surface area contributed by atoms with Gasteiger partial charge in [0.1, 0.15) is 0 Å². The molecule has 1 amide bonds. The number of halogens is 2. The molecule has 0 saturated carbocycles. The van der Waals surface area contributed by atoms with Gasteiger partial charge in [-0.2, -0.15) is 0 Å². The second-order valence-electron chi connectivity index (χ2n) is 7.06. The lowest BCUT2D eigenvalue weighted by molar-refractivity contribution is -0.0000163. The molecule has 29 heavy (non-hydrogen) atoms. The van der Waals surface area contributed by atoms with Gasteiger partial charge in [-0.25, -0.2) is 0 Å². The zero-order valence-corrected chi connectivity index (χ0v) is 17.6. The van der Waals surface area contributed by atoms with Gasteiger partial charge in [0.25, 0.3) is 5.91 Å². The molecule has 4 rings (SSSR count). The van der Waals surface area contributed by atoms with Crippen LogP contribution in [0.5, 0.6) is 0 Å². The fourth-order valence-corrected chi connectivity index (χ4v) is 4.06. The van der Waals surface area contributed by atoms with E-state index in [2.05, 4.69) is 53.4 Å². The zero-order chi connectivity index (χ0) is 19.3. The second-order valence-corrected chi connectivity index (χ2v) is 7.50. The van der Waals surface area contributed by atoms with Crippen LogP contribution in [0.1, 0.15) is 27.5 Å². The van der Waals surface area contributed by atoms with Crippen molar-refractivity contribution in [2.24, 2.45) is 0 Å². The fraction of sp³-hybridized carbons (Fsp3) is 0.208. The summed E-state index contributed by atoms with van der Waals surface area (Å²) in [4.78, 5) is 17.2. The van der Waals surface area contributed by atoms with E-state index in [0.29, 0.717) is 23.7 Å². The Kier molecular flexibility index (Phi) is 7.32. The molecule has 1 saturated heterocycles. The number of hydrogen-bond acceptors (Lipinski definition) is 2. The van der Waals surface area contributed by atoms with Crippen LogP contribution in [0, 0.1) is 0 Å². The number of carbonyl (C=O) groups excluding carboxylic acids is 1. The van der Waals surface area contributed by atoms with Crippen molar-refractivity contribution in [2.45, 2.75) is 6.04 Å². The lowest BCUT2D eigenvalue weighted by atomic mass is 9.96. The predicted octanol–water partition coefficient (Wildman–Crippen LogP) is 1.89. The predicted molar refractivity (Wildman–Crippen MR) is 114 cm³/mol. The van der Waals surface area contributed by atoms with Gasteiger partial charge < -0.3 is 17.3 Å². The summed E-state index contributed by atoms with van der Waals surface area (Å²) >= 11 is 6.05. The SMILES string of the molecule is O=C(c1cccc(Cl)c1)N1CCN(C(c2ccccc2)c2ccccc2)CC1.[Cl-]. The standard InChI is InChI=1S/C24H23ClN2O.ClH/c25-22-13-7-12-21(18-22)24(28)27-16-14-26(15-17-27)23(19-8-3-1-4-9-19)20-10-5-2-6-11-20;/h1-13,18,23H,14-17H2;1H/p-1. The van der Waals surface area contributed by atoms with E-state index in [1.165, 1.54) is 11.1 Å². The van der Waals surface area contributed by atoms with E-state index in [1.807, 2.05) is 29.2 Å². The Morgan fingerprint density at radius 1 is 0.759 bits per heavy atom. The number of amides is 1. The quantitative estimate of drug-likeness (QED) is 0.637. The Morgan fingerprint density at radius 2 is 1.31 bits per heavy atom. The molecule has 0 spiro atoms. The van der Waals surface area contributed by atoms with Crippen LogP contribution in [0.25, 0.3) is 0 Å². The monoisotopic (exact) mass is 425 g/mol. The van der Waals surface area contributed by atoms with E-state index in [1.54, 1.807) is 12.1 Å². The number of hydrogen-bond donors (Lipinski definition) is 0. The second kappa shape index (κ2) is 9.93. The Balaban J connectivity index is 0.00000240. The van der Waals surface area contributed by atoms with E-state index in [4.69, 9.17) is 11.6 Å². The fourth-order valence-electron chi connectivity index (χ4n) is 3.87. The number of benzene rings is 3. The van der Waals surface area contributed by atoms with E-state index in [9.17, 15) is 4.79 Å². The van der Waals surface area contributed by atoms with Gasteiger partial charge in [-0.1, -0.05) is 78.3 Å². The molecule has 0 N–H and O–H groups in total. The molecule has 1 fully saturated rings. The summed E-state index contributed by atoms with van der Waals surface area (Å²) in [5, 5.41) is 0.595. The third-order valence-electron chi connectivity index (χ3n) is 5.27. The minimum absolute atomic E-state index is 0.